The van der Waals surface area contributed by atoms with Gasteiger partial charge in [-0.2, -0.15) is 9.61 Å². The number of hydrogen-bond acceptors (Lipinski definition) is 4. The summed E-state index contributed by atoms with van der Waals surface area (Å²) in [6, 6.07) is 3.87. The summed E-state index contributed by atoms with van der Waals surface area (Å²) in [6.07, 6.45) is 5.68. The Morgan fingerprint density at radius 2 is 2.36 bits per heavy atom. The Morgan fingerprint density at radius 1 is 1.50 bits per heavy atom. The molecule has 72 valence electrons. The average Bonchev–Trinajstić information content (AvgIpc) is 2.66. The van der Waals surface area contributed by atoms with Crippen molar-refractivity contribution in [3.63, 3.8) is 0 Å². The fourth-order valence-corrected chi connectivity index (χ4v) is 1.78. The van der Waals surface area contributed by atoms with Crippen LogP contribution < -0.4 is 0 Å². The number of nitrogens with zero attached hydrogens (tertiary/aromatic N) is 4. The van der Waals surface area contributed by atoms with Crippen molar-refractivity contribution in [2.45, 2.75) is 6.92 Å². The molecule has 14 heavy (non-hydrogen) atoms. The second kappa shape index (κ2) is 3.79. The van der Waals surface area contributed by atoms with Crippen LogP contribution in [0.1, 0.15) is 12.6 Å². The minimum atomic E-state index is 0.769. The van der Waals surface area contributed by atoms with Gasteiger partial charge in [0, 0.05) is 4.91 Å². The zero-order valence-electron chi connectivity index (χ0n) is 8.01. The first-order chi connectivity index (χ1) is 6.85. The van der Waals surface area contributed by atoms with E-state index in [4.69, 9.17) is 0 Å². The van der Waals surface area contributed by atoms with Gasteiger partial charge in [-0.25, -0.2) is 0 Å². The highest BCUT2D eigenvalue weighted by Crippen LogP contribution is 2.22. The predicted molar refractivity (Wildman–Crippen MR) is 57.9 cm³/mol. The summed E-state index contributed by atoms with van der Waals surface area (Å²) in [5, 5.41) is 12.1. The van der Waals surface area contributed by atoms with Gasteiger partial charge in [0.2, 0.25) is 0 Å². The molecule has 0 aliphatic rings. The topological polar surface area (TPSA) is 43.1 Å². The van der Waals surface area contributed by atoms with Gasteiger partial charge in [0.15, 0.2) is 5.65 Å². The predicted octanol–water partition coefficient (Wildman–Crippen LogP) is 1.85. The quantitative estimate of drug-likeness (QED) is 0.752. The van der Waals surface area contributed by atoms with Crippen LogP contribution in [0.2, 0.25) is 0 Å². The van der Waals surface area contributed by atoms with E-state index < -0.39 is 0 Å². The van der Waals surface area contributed by atoms with Gasteiger partial charge in [0.25, 0.3) is 0 Å². The maximum Gasteiger partial charge on any atom is 0.177 e. The number of allylic oxidation sites excluding steroid dienone is 1. The fraction of sp³-hybridized carbons (Fsp3) is 0.222. The highest BCUT2D eigenvalue weighted by molar-refractivity contribution is 8.07. The summed E-state index contributed by atoms with van der Waals surface area (Å²) in [5.74, 6) is 0. The largest absolute Gasteiger partial charge is 0.200 e. The molecule has 2 aromatic rings. The minimum Gasteiger partial charge on any atom is -0.200 e. The molecular formula is C9H10N4S. The van der Waals surface area contributed by atoms with Gasteiger partial charge in [-0.05, 0) is 25.3 Å². The van der Waals surface area contributed by atoms with Gasteiger partial charge in [-0.15, -0.1) is 22.0 Å². The molecule has 0 aliphatic carbocycles. The summed E-state index contributed by atoms with van der Waals surface area (Å²) in [6.45, 7) is 2.00. The van der Waals surface area contributed by atoms with Crippen molar-refractivity contribution in [2.75, 3.05) is 6.26 Å². The molecule has 0 fully saturated rings. The first-order valence-electron chi connectivity index (χ1n) is 4.23. The van der Waals surface area contributed by atoms with E-state index in [9.17, 15) is 0 Å². The molecule has 0 bridgehead atoms. The molecule has 2 rings (SSSR count). The lowest BCUT2D eigenvalue weighted by molar-refractivity contribution is 0.916. The lowest BCUT2D eigenvalue weighted by atomic mass is 10.3. The monoisotopic (exact) mass is 206 g/mol. The van der Waals surface area contributed by atoms with Gasteiger partial charge in [-0.1, -0.05) is 6.08 Å². The molecule has 0 spiro atoms. The molecule has 4 nitrogen and oxygen atoms in total. The van der Waals surface area contributed by atoms with Crippen LogP contribution in [-0.2, 0) is 0 Å². The third-order valence-corrected chi connectivity index (χ3v) is 2.78. The summed E-state index contributed by atoms with van der Waals surface area (Å²) in [7, 11) is 0. The van der Waals surface area contributed by atoms with E-state index >= 15 is 0 Å². The Labute approximate surface area is 86.0 Å². The van der Waals surface area contributed by atoms with Gasteiger partial charge >= 0.3 is 0 Å². The Bertz CT molecular complexity index is 474. The van der Waals surface area contributed by atoms with E-state index in [1.807, 2.05) is 31.4 Å². The standard InChI is InChI=1S/C9H10N4S/c1-3-8(14-2)7-4-5-9-11-10-6-13(9)12-7/h3-6H,1-2H3/b8-3-. The summed E-state index contributed by atoms with van der Waals surface area (Å²) < 4.78 is 1.68. The molecule has 0 N–H and O–H groups in total. The molecular weight excluding hydrogens is 196 g/mol. The first-order valence-corrected chi connectivity index (χ1v) is 5.45. The molecule has 0 radical (unpaired) electrons. The van der Waals surface area contributed by atoms with Gasteiger partial charge < -0.3 is 0 Å². The molecule has 2 heterocycles. The van der Waals surface area contributed by atoms with Gasteiger partial charge in [0.05, 0.1) is 5.69 Å². The van der Waals surface area contributed by atoms with Crippen LogP contribution >= 0.6 is 11.8 Å². The van der Waals surface area contributed by atoms with Crippen molar-refractivity contribution in [1.29, 1.82) is 0 Å². The number of aromatic nitrogens is 4. The van der Waals surface area contributed by atoms with Crippen LogP contribution in [0.25, 0.3) is 10.6 Å². The molecule has 0 unspecified atom stereocenters. The number of fused-ring (bicyclic) bond motifs is 1. The van der Waals surface area contributed by atoms with E-state index in [0.717, 1.165) is 16.2 Å². The van der Waals surface area contributed by atoms with Crippen molar-refractivity contribution in [2.24, 2.45) is 0 Å². The van der Waals surface area contributed by atoms with E-state index in [1.165, 1.54) is 0 Å². The number of rotatable bonds is 2. The Hall–Kier alpha value is -1.36. The van der Waals surface area contributed by atoms with E-state index in [-0.39, 0.29) is 0 Å². The lowest BCUT2D eigenvalue weighted by Gasteiger charge is -2.01. The van der Waals surface area contributed by atoms with Crippen molar-refractivity contribution in [1.82, 2.24) is 19.8 Å². The minimum absolute atomic E-state index is 0.769. The number of hydrogen-bond donors (Lipinski definition) is 0. The fourth-order valence-electron chi connectivity index (χ4n) is 1.23. The molecule has 0 aliphatic heterocycles. The van der Waals surface area contributed by atoms with Crippen LogP contribution in [-0.4, -0.2) is 26.1 Å². The normalized spacial score (nSPS) is 12.3. The summed E-state index contributed by atoms with van der Waals surface area (Å²) in [4.78, 5) is 1.15. The maximum absolute atomic E-state index is 4.38. The molecule has 0 atom stereocenters. The van der Waals surface area contributed by atoms with Crippen molar-refractivity contribution in [3.8, 4) is 0 Å². The van der Waals surface area contributed by atoms with Crippen LogP contribution in [0.5, 0.6) is 0 Å². The van der Waals surface area contributed by atoms with Crippen LogP contribution in [0.3, 0.4) is 0 Å². The summed E-state index contributed by atoms with van der Waals surface area (Å²) >= 11 is 1.68. The van der Waals surface area contributed by atoms with Gasteiger partial charge in [-0.3, -0.25) is 0 Å². The molecule has 2 aromatic heterocycles. The molecule has 0 saturated carbocycles. The Kier molecular flexibility index (Phi) is 2.49. The second-order valence-corrected chi connectivity index (χ2v) is 3.56. The van der Waals surface area contributed by atoms with Crippen molar-refractivity contribution in [3.05, 3.63) is 30.2 Å². The second-order valence-electron chi connectivity index (χ2n) is 2.71. The lowest BCUT2D eigenvalue weighted by Crippen LogP contribution is -1.94. The number of thioether (sulfide) groups is 1. The maximum atomic E-state index is 4.38. The molecule has 0 amide bonds. The first kappa shape index (κ1) is 9.21. The highest BCUT2D eigenvalue weighted by atomic mass is 32.2. The highest BCUT2D eigenvalue weighted by Gasteiger charge is 2.02. The molecule has 0 aromatic carbocycles. The molecule has 5 heteroatoms. The SMILES string of the molecule is C/C=C(\SC)c1ccc2nncn2n1. The summed E-state index contributed by atoms with van der Waals surface area (Å²) in [5.41, 5.74) is 1.72. The van der Waals surface area contributed by atoms with Crippen molar-refractivity contribution >= 4 is 22.3 Å². The average molecular weight is 206 g/mol. The zero-order chi connectivity index (χ0) is 9.97. The smallest absolute Gasteiger partial charge is 0.177 e. The molecule has 0 saturated heterocycles. The van der Waals surface area contributed by atoms with Crippen molar-refractivity contribution < 1.29 is 0 Å². The van der Waals surface area contributed by atoms with E-state index in [1.54, 1.807) is 22.6 Å². The Balaban J connectivity index is 2.53. The van der Waals surface area contributed by atoms with Gasteiger partial charge in [0.1, 0.15) is 6.33 Å². The zero-order valence-corrected chi connectivity index (χ0v) is 8.82. The van der Waals surface area contributed by atoms with E-state index in [2.05, 4.69) is 15.3 Å². The van der Waals surface area contributed by atoms with E-state index in [0.29, 0.717) is 0 Å². The van der Waals surface area contributed by atoms with Crippen LogP contribution in [0, 0.1) is 0 Å². The third kappa shape index (κ3) is 1.50. The third-order valence-electron chi connectivity index (χ3n) is 1.90. The Morgan fingerprint density at radius 3 is 3.07 bits per heavy atom. The van der Waals surface area contributed by atoms with Crippen LogP contribution in [0.15, 0.2) is 24.5 Å². The van der Waals surface area contributed by atoms with Crippen LogP contribution in [0.4, 0.5) is 0 Å².